The third-order valence-electron chi connectivity index (χ3n) is 4.23. The molecule has 5 nitrogen and oxygen atoms in total. The summed E-state index contributed by atoms with van der Waals surface area (Å²) in [6.07, 6.45) is -5.02. The van der Waals surface area contributed by atoms with Crippen molar-refractivity contribution in [2.75, 3.05) is 18.6 Å². The topological polar surface area (TPSA) is 59.8 Å². The minimum atomic E-state index is -5.02. The summed E-state index contributed by atoms with van der Waals surface area (Å²) in [6.45, 7) is 1.23. The van der Waals surface area contributed by atoms with Crippen LogP contribution < -0.4 is 15.3 Å². The van der Waals surface area contributed by atoms with Crippen molar-refractivity contribution in [1.29, 1.82) is 0 Å². The van der Waals surface area contributed by atoms with Gasteiger partial charge in [0.1, 0.15) is 11.3 Å². The maximum Gasteiger partial charge on any atom is 0.471 e. The summed E-state index contributed by atoms with van der Waals surface area (Å²) in [7, 11) is 1.37. The molecule has 0 spiro atoms. The summed E-state index contributed by atoms with van der Waals surface area (Å²) in [5, 5.41) is 0.642. The first kappa shape index (κ1) is 19.5. The Morgan fingerprint density at radius 2 is 1.82 bits per heavy atom. The van der Waals surface area contributed by atoms with Gasteiger partial charge in [0.25, 0.3) is 0 Å². The highest BCUT2D eigenvalue weighted by atomic mass is 19.4. The number of methoxy groups -OCH3 is 1. The van der Waals surface area contributed by atoms with Gasteiger partial charge >= 0.3 is 17.7 Å². The molecule has 2 aromatic carbocycles. The number of amides is 1. The number of fused-ring (bicyclic) bond motifs is 1. The second-order valence-corrected chi connectivity index (χ2v) is 5.92. The summed E-state index contributed by atoms with van der Waals surface area (Å²) >= 11 is 0. The number of ether oxygens (including phenoxy) is 1. The average Bonchev–Trinajstić information content (AvgIpc) is 2.67. The van der Waals surface area contributed by atoms with Gasteiger partial charge in [-0.05, 0) is 37.3 Å². The molecular formula is C20H16F3NO4. The van der Waals surface area contributed by atoms with Gasteiger partial charge in [0.15, 0.2) is 0 Å². The van der Waals surface area contributed by atoms with Crippen LogP contribution in [0, 0.1) is 0 Å². The van der Waals surface area contributed by atoms with Crippen molar-refractivity contribution < 1.29 is 27.1 Å². The van der Waals surface area contributed by atoms with E-state index in [0.29, 0.717) is 15.9 Å². The summed E-state index contributed by atoms with van der Waals surface area (Å²) in [5.41, 5.74) is 0.0576. The average molecular weight is 391 g/mol. The Hall–Kier alpha value is -3.29. The van der Waals surface area contributed by atoms with Crippen LogP contribution in [0.15, 0.2) is 57.7 Å². The Morgan fingerprint density at radius 1 is 1.11 bits per heavy atom. The highest BCUT2D eigenvalue weighted by Crippen LogP contribution is 2.34. The molecule has 0 fully saturated rings. The Morgan fingerprint density at radius 3 is 2.46 bits per heavy atom. The Kier molecular flexibility index (Phi) is 5.13. The summed E-state index contributed by atoms with van der Waals surface area (Å²) in [4.78, 5) is 24.8. The molecule has 0 saturated carbocycles. The zero-order valence-electron chi connectivity index (χ0n) is 15.0. The van der Waals surface area contributed by atoms with Gasteiger partial charge in [0, 0.05) is 23.2 Å². The lowest BCUT2D eigenvalue weighted by atomic mass is 10.0. The number of alkyl halides is 3. The second kappa shape index (κ2) is 7.38. The fourth-order valence-electron chi connectivity index (χ4n) is 2.92. The number of anilines is 1. The van der Waals surface area contributed by atoms with E-state index in [0.717, 1.165) is 0 Å². The second-order valence-electron chi connectivity index (χ2n) is 5.92. The molecule has 28 heavy (non-hydrogen) atoms. The molecule has 0 aliphatic carbocycles. The number of benzene rings is 2. The molecule has 0 N–H and O–H groups in total. The van der Waals surface area contributed by atoms with E-state index in [2.05, 4.69) is 0 Å². The van der Waals surface area contributed by atoms with E-state index >= 15 is 0 Å². The maximum absolute atomic E-state index is 12.9. The number of hydrogen-bond donors (Lipinski definition) is 0. The van der Waals surface area contributed by atoms with E-state index in [-0.39, 0.29) is 29.1 Å². The van der Waals surface area contributed by atoms with Crippen LogP contribution in [0.4, 0.5) is 18.9 Å². The van der Waals surface area contributed by atoms with E-state index in [1.54, 1.807) is 30.3 Å². The summed E-state index contributed by atoms with van der Waals surface area (Å²) in [6, 6.07) is 12.5. The van der Waals surface area contributed by atoms with E-state index < -0.39 is 17.7 Å². The van der Waals surface area contributed by atoms with Crippen molar-refractivity contribution in [3.8, 4) is 16.9 Å². The quantitative estimate of drug-likeness (QED) is 0.619. The van der Waals surface area contributed by atoms with Crippen molar-refractivity contribution >= 4 is 22.6 Å². The van der Waals surface area contributed by atoms with Gasteiger partial charge in [-0.2, -0.15) is 13.2 Å². The number of carbonyl (C=O) groups excluding carboxylic acids is 1. The van der Waals surface area contributed by atoms with Crippen LogP contribution in [-0.4, -0.2) is 25.7 Å². The normalized spacial score (nSPS) is 11.5. The van der Waals surface area contributed by atoms with Crippen LogP contribution in [-0.2, 0) is 4.79 Å². The lowest BCUT2D eigenvalue weighted by Gasteiger charge is -2.23. The SMILES string of the molecule is CCN(C(=O)C(F)(F)F)c1ccc(OC)c(-c2cc3ccccc3oc2=O)c1. The fourth-order valence-corrected chi connectivity index (χ4v) is 2.92. The van der Waals surface area contributed by atoms with Gasteiger partial charge in [-0.25, -0.2) is 4.79 Å². The number of carbonyl (C=O) groups is 1. The molecule has 3 rings (SSSR count). The third kappa shape index (κ3) is 3.58. The number of para-hydroxylation sites is 1. The Balaban J connectivity index is 2.19. The first-order valence-electron chi connectivity index (χ1n) is 8.36. The molecule has 0 aliphatic heterocycles. The highest BCUT2D eigenvalue weighted by molar-refractivity contribution is 5.98. The van der Waals surface area contributed by atoms with E-state index in [4.69, 9.17) is 9.15 Å². The van der Waals surface area contributed by atoms with Gasteiger partial charge in [-0.3, -0.25) is 4.79 Å². The van der Waals surface area contributed by atoms with Crippen molar-refractivity contribution in [2.45, 2.75) is 13.1 Å². The van der Waals surface area contributed by atoms with Gasteiger partial charge in [-0.1, -0.05) is 18.2 Å². The van der Waals surface area contributed by atoms with Crippen LogP contribution in [0.2, 0.25) is 0 Å². The number of rotatable bonds is 4. The van der Waals surface area contributed by atoms with Gasteiger partial charge in [0.05, 0.1) is 12.7 Å². The molecule has 0 atom stereocenters. The molecular weight excluding hydrogens is 375 g/mol. The molecule has 0 aliphatic rings. The van der Waals surface area contributed by atoms with Crippen LogP contribution in [0.5, 0.6) is 5.75 Å². The van der Waals surface area contributed by atoms with Gasteiger partial charge in [-0.15, -0.1) is 0 Å². The largest absolute Gasteiger partial charge is 0.496 e. The molecule has 0 radical (unpaired) electrons. The summed E-state index contributed by atoms with van der Waals surface area (Å²) < 4.78 is 49.3. The Bertz CT molecular complexity index is 1090. The first-order chi connectivity index (χ1) is 13.3. The van der Waals surface area contributed by atoms with Crippen molar-refractivity contribution in [1.82, 2.24) is 0 Å². The minimum absolute atomic E-state index is 0.00631. The van der Waals surface area contributed by atoms with Crippen molar-refractivity contribution in [3.05, 3.63) is 59.0 Å². The molecule has 0 saturated heterocycles. The molecule has 1 aromatic heterocycles. The number of hydrogen-bond acceptors (Lipinski definition) is 4. The van der Waals surface area contributed by atoms with Crippen LogP contribution in [0.25, 0.3) is 22.1 Å². The number of nitrogens with zero attached hydrogens (tertiary/aromatic N) is 1. The van der Waals surface area contributed by atoms with E-state index in [9.17, 15) is 22.8 Å². The molecule has 8 heteroatoms. The molecule has 146 valence electrons. The zero-order chi connectivity index (χ0) is 20.5. The smallest absolute Gasteiger partial charge is 0.471 e. The molecule has 0 unspecified atom stereocenters. The van der Waals surface area contributed by atoms with Crippen LogP contribution >= 0.6 is 0 Å². The first-order valence-corrected chi connectivity index (χ1v) is 8.36. The van der Waals surface area contributed by atoms with Gasteiger partial charge < -0.3 is 14.1 Å². The predicted octanol–water partition coefficient (Wildman–Crippen LogP) is 4.38. The highest BCUT2D eigenvalue weighted by Gasteiger charge is 2.42. The minimum Gasteiger partial charge on any atom is -0.496 e. The lowest BCUT2D eigenvalue weighted by Crippen LogP contribution is -2.41. The molecule has 3 aromatic rings. The van der Waals surface area contributed by atoms with Crippen molar-refractivity contribution in [2.24, 2.45) is 0 Å². The lowest BCUT2D eigenvalue weighted by molar-refractivity contribution is -0.170. The Labute approximate surface area is 157 Å². The third-order valence-corrected chi connectivity index (χ3v) is 4.23. The van der Waals surface area contributed by atoms with Crippen LogP contribution in [0.3, 0.4) is 0 Å². The van der Waals surface area contributed by atoms with Crippen LogP contribution in [0.1, 0.15) is 6.92 Å². The molecule has 1 heterocycles. The van der Waals surface area contributed by atoms with Gasteiger partial charge in [0.2, 0.25) is 0 Å². The van der Waals surface area contributed by atoms with E-state index in [1.165, 1.54) is 32.2 Å². The summed E-state index contributed by atoms with van der Waals surface area (Å²) in [5.74, 6) is -1.72. The van der Waals surface area contributed by atoms with Crippen molar-refractivity contribution in [3.63, 3.8) is 0 Å². The maximum atomic E-state index is 12.9. The molecule has 1 amide bonds. The fraction of sp³-hybridized carbons (Fsp3) is 0.200. The monoisotopic (exact) mass is 391 g/mol. The predicted molar refractivity (Wildman–Crippen MR) is 98.6 cm³/mol. The number of halogens is 3. The molecule has 0 bridgehead atoms. The standard InChI is InChI=1S/C20H16F3NO4/c1-3-24(19(26)20(21,22)23)13-8-9-17(27-2)14(11-13)15-10-12-6-4-5-7-16(12)28-18(15)25/h4-11H,3H2,1-2H3. The van der Waals surface area contributed by atoms with E-state index in [1.807, 2.05) is 0 Å². The zero-order valence-corrected chi connectivity index (χ0v) is 15.0.